The highest BCUT2D eigenvalue weighted by Crippen LogP contribution is 2.15. The second-order valence-corrected chi connectivity index (χ2v) is 16.2. The standard InChI is InChI=1S/C55H92O5/c1-3-5-7-9-11-13-15-17-19-21-22-23-24-25-26-27-28-29-30-31-32-34-36-38-40-42-44-46-48-50-55(58)60-53(51-56)52-59-54(57)49-47-45-43-41-39-37-35-33-20-18-16-14-12-10-8-6-4-2/h5,7,11,13,17,19,22-23,25-26,28-29,31-32,36,38,53,56H,3-4,6,8-10,12,14-16,18,20-21,24,27,30,33-35,37,39-52H2,1-2H3/b7-5-,13-11-,19-17-,23-22-,26-25-,29-28-,32-31-,38-36-. The van der Waals surface area contributed by atoms with Crippen LogP contribution in [0.4, 0.5) is 0 Å². The fraction of sp³-hybridized carbons (Fsp3) is 0.673. The molecule has 0 amide bonds. The van der Waals surface area contributed by atoms with Gasteiger partial charge in [-0.05, 0) is 77.0 Å². The van der Waals surface area contributed by atoms with Gasteiger partial charge in [0, 0.05) is 12.8 Å². The van der Waals surface area contributed by atoms with Gasteiger partial charge in [0.25, 0.3) is 0 Å². The Morgan fingerprint density at radius 2 is 0.717 bits per heavy atom. The van der Waals surface area contributed by atoms with Crippen molar-refractivity contribution in [2.75, 3.05) is 13.2 Å². The third kappa shape index (κ3) is 47.5. The van der Waals surface area contributed by atoms with Crippen molar-refractivity contribution in [3.8, 4) is 0 Å². The molecule has 0 aromatic rings. The van der Waals surface area contributed by atoms with Crippen LogP contribution in [-0.4, -0.2) is 36.4 Å². The summed E-state index contributed by atoms with van der Waals surface area (Å²) in [4.78, 5) is 24.4. The molecule has 0 aliphatic heterocycles. The van der Waals surface area contributed by atoms with Crippen molar-refractivity contribution in [3.63, 3.8) is 0 Å². The first kappa shape index (κ1) is 56.8. The molecule has 0 aromatic heterocycles. The Bertz CT molecular complexity index is 1170. The van der Waals surface area contributed by atoms with E-state index in [4.69, 9.17) is 9.47 Å². The Hall–Kier alpha value is -3.18. The van der Waals surface area contributed by atoms with Gasteiger partial charge < -0.3 is 14.6 Å². The van der Waals surface area contributed by atoms with Crippen LogP contribution in [0, 0.1) is 0 Å². The maximum Gasteiger partial charge on any atom is 0.306 e. The Kier molecular flexibility index (Phi) is 47.5. The van der Waals surface area contributed by atoms with Gasteiger partial charge in [-0.2, -0.15) is 0 Å². The topological polar surface area (TPSA) is 72.8 Å². The van der Waals surface area contributed by atoms with Gasteiger partial charge in [-0.1, -0.05) is 227 Å². The number of esters is 2. The maximum atomic E-state index is 12.3. The van der Waals surface area contributed by atoms with Crippen molar-refractivity contribution in [2.24, 2.45) is 0 Å². The van der Waals surface area contributed by atoms with E-state index in [-0.39, 0.29) is 25.2 Å². The fourth-order valence-corrected chi connectivity index (χ4v) is 6.69. The van der Waals surface area contributed by atoms with Gasteiger partial charge in [0.05, 0.1) is 6.61 Å². The summed E-state index contributed by atoms with van der Waals surface area (Å²) in [5.41, 5.74) is 0. The summed E-state index contributed by atoms with van der Waals surface area (Å²) in [6.45, 7) is 4.01. The molecule has 0 heterocycles. The van der Waals surface area contributed by atoms with Gasteiger partial charge in [0.2, 0.25) is 0 Å². The minimum Gasteiger partial charge on any atom is -0.462 e. The zero-order chi connectivity index (χ0) is 43.5. The number of hydrogen-bond acceptors (Lipinski definition) is 5. The molecule has 1 N–H and O–H groups in total. The summed E-state index contributed by atoms with van der Waals surface area (Å²) in [5, 5.41) is 9.61. The van der Waals surface area contributed by atoms with Gasteiger partial charge in [0.15, 0.2) is 6.10 Å². The van der Waals surface area contributed by atoms with E-state index in [1.165, 1.54) is 89.9 Å². The first-order valence-electron chi connectivity index (χ1n) is 24.8. The molecule has 0 aliphatic carbocycles. The summed E-state index contributed by atoms with van der Waals surface area (Å²) in [5.74, 6) is -0.620. The molecule has 0 aromatic carbocycles. The maximum absolute atomic E-state index is 12.3. The summed E-state index contributed by atoms with van der Waals surface area (Å²) in [6.07, 6.45) is 70.6. The Labute approximate surface area is 370 Å². The largest absolute Gasteiger partial charge is 0.462 e. The van der Waals surface area contributed by atoms with Crippen molar-refractivity contribution < 1.29 is 24.2 Å². The van der Waals surface area contributed by atoms with Crippen LogP contribution in [0.3, 0.4) is 0 Å². The van der Waals surface area contributed by atoms with Crippen molar-refractivity contribution in [1.29, 1.82) is 0 Å². The molecule has 0 spiro atoms. The van der Waals surface area contributed by atoms with Crippen LogP contribution in [0.1, 0.15) is 219 Å². The van der Waals surface area contributed by atoms with Crippen LogP contribution in [0.5, 0.6) is 0 Å². The number of aliphatic hydroxyl groups excluding tert-OH is 1. The predicted molar refractivity (Wildman–Crippen MR) is 260 cm³/mol. The van der Waals surface area contributed by atoms with E-state index >= 15 is 0 Å². The second kappa shape index (κ2) is 50.2. The van der Waals surface area contributed by atoms with E-state index in [0.29, 0.717) is 12.8 Å². The molecule has 0 saturated carbocycles. The highest BCUT2D eigenvalue weighted by Gasteiger charge is 2.16. The highest BCUT2D eigenvalue weighted by molar-refractivity contribution is 5.70. The van der Waals surface area contributed by atoms with E-state index in [9.17, 15) is 14.7 Å². The van der Waals surface area contributed by atoms with Gasteiger partial charge in [0.1, 0.15) is 6.61 Å². The smallest absolute Gasteiger partial charge is 0.306 e. The molecule has 0 rings (SSSR count). The molecule has 1 atom stereocenters. The van der Waals surface area contributed by atoms with Crippen molar-refractivity contribution in [2.45, 2.75) is 225 Å². The average molecular weight is 833 g/mol. The number of allylic oxidation sites excluding steroid dienone is 16. The lowest BCUT2D eigenvalue weighted by molar-refractivity contribution is -0.161. The van der Waals surface area contributed by atoms with E-state index < -0.39 is 6.10 Å². The number of carbonyl (C=O) groups is 2. The molecule has 342 valence electrons. The lowest BCUT2D eigenvalue weighted by atomic mass is 10.0. The van der Waals surface area contributed by atoms with Gasteiger partial charge >= 0.3 is 11.9 Å². The summed E-state index contributed by atoms with van der Waals surface area (Å²) in [6, 6.07) is 0. The summed E-state index contributed by atoms with van der Waals surface area (Å²) < 4.78 is 10.6. The number of unbranched alkanes of at least 4 members (excludes halogenated alkanes) is 20. The van der Waals surface area contributed by atoms with Gasteiger partial charge in [-0.15, -0.1) is 0 Å². The lowest BCUT2D eigenvalue weighted by Crippen LogP contribution is -2.28. The molecular weight excluding hydrogens is 741 g/mol. The molecular formula is C55H92O5. The number of aliphatic hydroxyl groups is 1. The van der Waals surface area contributed by atoms with Crippen molar-refractivity contribution >= 4 is 11.9 Å². The van der Waals surface area contributed by atoms with Gasteiger partial charge in [-0.25, -0.2) is 0 Å². The molecule has 1 unspecified atom stereocenters. The van der Waals surface area contributed by atoms with E-state index in [2.05, 4.69) is 111 Å². The van der Waals surface area contributed by atoms with E-state index in [1.807, 2.05) is 0 Å². The molecule has 5 nitrogen and oxygen atoms in total. The summed E-state index contributed by atoms with van der Waals surface area (Å²) in [7, 11) is 0. The fourth-order valence-electron chi connectivity index (χ4n) is 6.69. The quantitative estimate of drug-likeness (QED) is 0.0376. The Morgan fingerprint density at radius 1 is 0.400 bits per heavy atom. The van der Waals surface area contributed by atoms with Crippen LogP contribution in [-0.2, 0) is 19.1 Å². The second-order valence-electron chi connectivity index (χ2n) is 16.2. The highest BCUT2D eigenvalue weighted by atomic mass is 16.6. The molecule has 0 fully saturated rings. The minimum atomic E-state index is -0.790. The SMILES string of the molecule is CC/C=C\C/C=C\C/C=C\C/C=C\C/C=C\C/C=C\C/C=C\C/C=C\CCCCCCC(=O)OC(CO)COC(=O)CCCCCCCCCCCCCCCCCCC. The van der Waals surface area contributed by atoms with E-state index in [0.717, 1.165) is 103 Å². The number of rotatable bonds is 44. The minimum absolute atomic E-state index is 0.0793. The lowest BCUT2D eigenvalue weighted by Gasteiger charge is -2.15. The third-order valence-electron chi connectivity index (χ3n) is 10.4. The predicted octanol–water partition coefficient (Wildman–Crippen LogP) is 16.4. The van der Waals surface area contributed by atoms with Crippen LogP contribution in [0.2, 0.25) is 0 Å². The molecule has 0 radical (unpaired) electrons. The van der Waals surface area contributed by atoms with Crippen LogP contribution in [0.15, 0.2) is 97.2 Å². The zero-order valence-corrected chi connectivity index (χ0v) is 38.9. The monoisotopic (exact) mass is 833 g/mol. The molecule has 0 bridgehead atoms. The van der Waals surface area contributed by atoms with Crippen LogP contribution < -0.4 is 0 Å². The molecule has 60 heavy (non-hydrogen) atoms. The first-order valence-corrected chi connectivity index (χ1v) is 24.8. The summed E-state index contributed by atoms with van der Waals surface area (Å²) >= 11 is 0. The third-order valence-corrected chi connectivity index (χ3v) is 10.4. The Balaban J connectivity index is 3.63. The van der Waals surface area contributed by atoms with E-state index in [1.54, 1.807) is 0 Å². The normalized spacial score (nSPS) is 13.1. The number of hydrogen-bond donors (Lipinski definition) is 1. The number of carbonyl (C=O) groups excluding carboxylic acids is 2. The molecule has 0 aliphatic rings. The zero-order valence-electron chi connectivity index (χ0n) is 38.9. The Morgan fingerprint density at radius 3 is 1.08 bits per heavy atom. The molecule has 0 saturated heterocycles. The van der Waals surface area contributed by atoms with Crippen molar-refractivity contribution in [1.82, 2.24) is 0 Å². The van der Waals surface area contributed by atoms with Crippen molar-refractivity contribution in [3.05, 3.63) is 97.2 Å². The average Bonchev–Trinajstić information content (AvgIpc) is 3.25. The first-order chi connectivity index (χ1) is 29.6. The van der Waals surface area contributed by atoms with Crippen LogP contribution >= 0.6 is 0 Å². The van der Waals surface area contributed by atoms with Gasteiger partial charge in [-0.3, -0.25) is 9.59 Å². The molecule has 5 heteroatoms. The van der Waals surface area contributed by atoms with Crippen LogP contribution in [0.25, 0.3) is 0 Å². The number of ether oxygens (including phenoxy) is 2.